The first-order valence-electron chi connectivity index (χ1n) is 8.86. The summed E-state index contributed by atoms with van der Waals surface area (Å²) in [6.07, 6.45) is 1.78. The molecule has 0 aliphatic rings. The van der Waals surface area contributed by atoms with Gasteiger partial charge in [0.05, 0.1) is 17.1 Å². The van der Waals surface area contributed by atoms with E-state index in [0.717, 1.165) is 34.8 Å². The average Bonchev–Trinajstić information content (AvgIpc) is 3.08. The summed E-state index contributed by atoms with van der Waals surface area (Å²) in [5.74, 6) is 2.52. The molecule has 0 amide bonds. The van der Waals surface area contributed by atoms with Crippen LogP contribution in [0.15, 0.2) is 66.9 Å². The van der Waals surface area contributed by atoms with E-state index in [0.29, 0.717) is 5.82 Å². The van der Waals surface area contributed by atoms with E-state index in [4.69, 9.17) is 4.98 Å². The summed E-state index contributed by atoms with van der Waals surface area (Å²) in [6, 6.07) is 20.2. The first kappa shape index (κ1) is 16.3. The van der Waals surface area contributed by atoms with Gasteiger partial charge in [-0.05, 0) is 32.0 Å². The van der Waals surface area contributed by atoms with Gasteiger partial charge in [0.25, 0.3) is 0 Å². The highest BCUT2D eigenvalue weighted by atomic mass is 15.1. The van der Waals surface area contributed by atoms with Crippen molar-refractivity contribution in [3.8, 4) is 11.4 Å². The fourth-order valence-electron chi connectivity index (χ4n) is 3.21. The molecule has 0 aliphatic carbocycles. The topological polar surface area (TPSA) is 55.6 Å². The van der Waals surface area contributed by atoms with Crippen LogP contribution in [0.5, 0.6) is 0 Å². The number of hydrogen-bond acceptors (Lipinski definition) is 4. The lowest BCUT2D eigenvalue weighted by molar-refractivity contribution is 0.672. The molecule has 0 aliphatic heterocycles. The van der Waals surface area contributed by atoms with Crippen LogP contribution in [-0.4, -0.2) is 19.5 Å². The molecule has 2 aromatic carbocycles. The molecule has 0 bridgehead atoms. The molecule has 1 N–H and O–H groups in total. The second-order valence-electron chi connectivity index (χ2n) is 6.20. The van der Waals surface area contributed by atoms with Crippen LogP contribution in [-0.2, 0) is 6.54 Å². The zero-order valence-corrected chi connectivity index (χ0v) is 14.9. The predicted molar refractivity (Wildman–Crippen MR) is 105 cm³/mol. The van der Waals surface area contributed by atoms with E-state index in [-0.39, 0.29) is 6.04 Å². The minimum atomic E-state index is 0.0286. The minimum Gasteiger partial charge on any atom is -0.360 e. The van der Waals surface area contributed by atoms with Gasteiger partial charge in [-0.3, -0.25) is 0 Å². The van der Waals surface area contributed by atoms with E-state index in [1.54, 1.807) is 6.20 Å². The van der Waals surface area contributed by atoms with Crippen LogP contribution in [0.4, 0.5) is 5.82 Å². The molecule has 4 aromatic rings. The van der Waals surface area contributed by atoms with Gasteiger partial charge >= 0.3 is 0 Å². The Bertz CT molecular complexity index is 1020. The molecule has 2 aromatic heterocycles. The Balaban J connectivity index is 1.64. The predicted octanol–water partition coefficient (Wildman–Crippen LogP) is 4.69. The highest BCUT2D eigenvalue weighted by molar-refractivity contribution is 5.76. The quantitative estimate of drug-likeness (QED) is 0.571. The molecule has 0 saturated carbocycles. The van der Waals surface area contributed by atoms with Crippen molar-refractivity contribution in [3.05, 3.63) is 72.7 Å². The fourth-order valence-corrected chi connectivity index (χ4v) is 3.21. The van der Waals surface area contributed by atoms with Crippen molar-refractivity contribution in [1.29, 1.82) is 0 Å². The van der Waals surface area contributed by atoms with Crippen molar-refractivity contribution >= 4 is 16.9 Å². The maximum Gasteiger partial charge on any atom is 0.161 e. The third-order valence-corrected chi connectivity index (χ3v) is 4.44. The third-order valence-electron chi connectivity index (χ3n) is 4.44. The second kappa shape index (κ2) is 6.96. The SMILES string of the molecule is CCn1c([C@@H](C)Nc2ccnc(-c3ccccc3)n2)nc2ccccc21. The molecule has 0 radical (unpaired) electrons. The Morgan fingerprint density at radius 3 is 2.54 bits per heavy atom. The van der Waals surface area contributed by atoms with Gasteiger partial charge in [-0.1, -0.05) is 42.5 Å². The molecule has 2 heterocycles. The highest BCUT2D eigenvalue weighted by Crippen LogP contribution is 2.24. The number of rotatable bonds is 5. The number of nitrogens with zero attached hydrogens (tertiary/aromatic N) is 4. The van der Waals surface area contributed by atoms with Gasteiger partial charge in [0.15, 0.2) is 5.82 Å². The number of hydrogen-bond donors (Lipinski definition) is 1. The molecular formula is C21H21N5. The lowest BCUT2D eigenvalue weighted by atomic mass is 10.2. The van der Waals surface area contributed by atoms with Gasteiger partial charge in [-0.25, -0.2) is 15.0 Å². The summed E-state index contributed by atoms with van der Waals surface area (Å²) >= 11 is 0. The van der Waals surface area contributed by atoms with E-state index in [2.05, 4.69) is 51.9 Å². The standard InChI is InChI=1S/C21H21N5/c1-3-26-18-12-8-7-11-17(18)24-21(26)15(2)23-19-13-14-22-20(25-19)16-9-5-4-6-10-16/h4-15H,3H2,1-2H3,(H,22,23,25)/t15-/m1/s1. The number of benzene rings is 2. The molecule has 0 fully saturated rings. The Labute approximate surface area is 152 Å². The lowest BCUT2D eigenvalue weighted by Crippen LogP contribution is -2.14. The van der Waals surface area contributed by atoms with Crippen molar-refractivity contribution in [2.24, 2.45) is 0 Å². The molecular weight excluding hydrogens is 322 g/mol. The average molecular weight is 343 g/mol. The van der Waals surface area contributed by atoms with Crippen molar-refractivity contribution in [2.45, 2.75) is 26.4 Å². The number of aromatic nitrogens is 4. The molecule has 130 valence electrons. The number of nitrogens with one attached hydrogen (secondary N) is 1. The zero-order valence-electron chi connectivity index (χ0n) is 14.9. The number of aryl methyl sites for hydroxylation is 1. The first-order valence-corrected chi connectivity index (χ1v) is 8.86. The number of para-hydroxylation sites is 2. The van der Waals surface area contributed by atoms with Crippen LogP contribution in [0.2, 0.25) is 0 Å². The highest BCUT2D eigenvalue weighted by Gasteiger charge is 2.16. The molecule has 5 nitrogen and oxygen atoms in total. The Hall–Kier alpha value is -3.21. The normalized spacial score (nSPS) is 12.2. The van der Waals surface area contributed by atoms with Gasteiger partial charge in [0.1, 0.15) is 11.6 Å². The van der Waals surface area contributed by atoms with Crippen molar-refractivity contribution in [3.63, 3.8) is 0 Å². The minimum absolute atomic E-state index is 0.0286. The molecule has 0 unspecified atom stereocenters. The van der Waals surface area contributed by atoms with Crippen LogP contribution < -0.4 is 5.32 Å². The third kappa shape index (κ3) is 3.04. The smallest absolute Gasteiger partial charge is 0.161 e. The zero-order chi connectivity index (χ0) is 17.9. The Morgan fingerprint density at radius 1 is 0.962 bits per heavy atom. The van der Waals surface area contributed by atoms with Crippen LogP contribution in [0.3, 0.4) is 0 Å². The van der Waals surface area contributed by atoms with E-state index >= 15 is 0 Å². The van der Waals surface area contributed by atoms with E-state index < -0.39 is 0 Å². The van der Waals surface area contributed by atoms with Gasteiger partial charge in [0.2, 0.25) is 0 Å². The summed E-state index contributed by atoms with van der Waals surface area (Å²) in [5.41, 5.74) is 3.18. The summed E-state index contributed by atoms with van der Waals surface area (Å²) in [7, 11) is 0. The van der Waals surface area contributed by atoms with E-state index in [1.807, 2.05) is 42.5 Å². The molecule has 26 heavy (non-hydrogen) atoms. The molecule has 5 heteroatoms. The van der Waals surface area contributed by atoms with Gasteiger partial charge < -0.3 is 9.88 Å². The monoisotopic (exact) mass is 343 g/mol. The maximum absolute atomic E-state index is 4.82. The van der Waals surface area contributed by atoms with Crippen molar-refractivity contribution < 1.29 is 0 Å². The van der Waals surface area contributed by atoms with Crippen molar-refractivity contribution in [1.82, 2.24) is 19.5 Å². The number of anilines is 1. The summed E-state index contributed by atoms with van der Waals surface area (Å²) < 4.78 is 2.24. The van der Waals surface area contributed by atoms with Gasteiger partial charge in [-0.15, -0.1) is 0 Å². The van der Waals surface area contributed by atoms with Crippen LogP contribution in [0.25, 0.3) is 22.4 Å². The summed E-state index contributed by atoms with van der Waals surface area (Å²) in [4.78, 5) is 13.9. The largest absolute Gasteiger partial charge is 0.360 e. The summed E-state index contributed by atoms with van der Waals surface area (Å²) in [6.45, 7) is 5.13. The molecule has 1 atom stereocenters. The number of imidazole rings is 1. The van der Waals surface area contributed by atoms with E-state index in [9.17, 15) is 0 Å². The van der Waals surface area contributed by atoms with Crippen LogP contribution in [0.1, 0.15) is 25.7 Å². The lowest BCUT2D eigenvalue weighted by Gasteiger charge is -2.16. The Morgan fingerprint density at radius 2 is 1.73 bits per heavy atom. The van der Waals surface area contributed by atoms with Crippen molar-refractivity contribution in [2.75, 3.05) is 5.32 Å². The van der Waals surface area contributed by atoms with Gasteiger partial charge in [-0.2, -0.15) is 0 Å². The molecule has 0 saturated heterocycles. The first-order chi connectivity index (χ1) is 12.8. The molecule has 4 rings (SSSR count). The Kier molecular flexibility index (Phi) is 4.35. The van der Waals surface area contributed by atoms with Crippen LogP contribution in [0, 0.1) is 0 Å². The van der Waals surface area contributed by atoms with E-state index in [1.165, 1.54) is 0 Å². The van der Waals surface area contributed by atoms with Gasteiger partial charge in [0, 0.05) is 18.3 Å². The summed E-state index contributed by atoms with van der Waals surface area (Å²) in [5, 5.41) is 3.47. The second-order valence-corrected chi connectivity index (χ2v) is 6.20. The molecule has 0 spiro atoms. The number of fused-ring (bicyclic) bond motifs is 1. The van der Waals surface area contributed by atoms with Crippen LogP contribution >= 0.6 is 0 Å². The maximum atomic E-state index is 4.82. The fraction of sp³-hybridized carbons (Fsp3) is 0.190.